The Bertz CT molecular complexity index is 2570. The minimum absolute atomic E-state index is 0.0364. The second kappa shape index (κ2) is 21.4. The zero-order chi connectivity index (χ0) is 52.3. The first-order valence-electron chi connectivity index (χ1n) is 24.0. The van der Waals surface area contributed by atoms with E-state index in [0.29, 0.717) is 18.5 Å². The van der Waals surface area contributed by atoms with Crippen LogP contribution >= 0.6 is 0 Å². The monoisotopic (exact) mass is 995 g/mol. The third-order valence-electron chi connectivity index (χ3n) is 15.2. The Balaban J connectivity index is 1.32. The van der Waals surface area contributed by atoms with Gasteiger partial charge in [-0.15, -0.1) is 0 Å². The Hall–Kier alpha value is -6.31. The van der Waals surface area contributed by atoms with Crippen LogP contribution in [-0.4, -0.2) is 129 Å². The molecule has 18 nitrogen and oxygen atoms in total. The highest BCUT2D eigenvalue weighted by atomic mass is 16.6. The highest BCUT2D eigenvalue weighted by molar-refractivity contribution is 5.96. The molecule has 4 N–H and O–H groups in total. The SMILES string of the molecule is CNCCC(=O)NCc1ccc(C(=O)N[C@@H](c2ccccc2)[C@@H](OC)C(=O)O[C@H]2C[C@@]3(O)[C@@H](OC(=O)c4ccccc4)[C@@H]4[C@]5(OC(C)=O)CO[C@@H]5C[C@H](OC)[C@@]4(C)C(=O)[C@H](OC(C)=O)C(=C2C)C3(C)C)cc1. The topological polar surface area (TPSA) is 240 Å². The molecule has 11 atom stereocenters. The summed E-state index contributed by atoms with van der Waals surface area (Å²) in [5.74, 6) is -6.26. The lowest BCUT2D eigenvalue weighted by molar-refractivity contribution is -0.347. The Kier molecular flexibility index (Phi) is 15.9. The van der Waals surface area contributed by atoms with E-state index in [2.05, 4.69) is 16.0 Å². The zero-order valence-corrected chi connectivity index (χ0v) is 42.1. The fourth-order valence-electron chi connectivity index (χ4n) is 11.4. The van der Waals surface area contributed by atoms with Crippen molar-refractivity contribution in [3.63, 3.8) is 0 Å². The average molecular weight is 996 g/mol. The van der Waals surface area contributed by atoms with E-state index in [4.69, 9.17) is 33.2 Å². The van der Waals surface area contributed by atoms with Gasteiger partial charge in [0.1, 0.15) is 23.9 Å². The molecule has 4 aliphatic rings. The first-order chi connectivity index (χ1) is 34.2. The van der Waals surface area contributed by atoms with Crippen molar-refractivity contribution in [1.82, 2.24) is 16.0 Å². The Morgan fingerprint density at radius 1 is 0.847 bits per heavy atom. The number of ether oxygens (including phenoxy) is 7. The number of hydrogen-bond acceptors (Lipinski definition) is 16. The summed E-state index contributed by atoms with van der Waals surface area (Å²) in [5, 5.41) is 22.7. The van der Waals surface area contributed by atoms with Crippen LogP contribution in [0, 0.1) is 16.7 Å². The standard InChI is InChI=1S/C54H65N3O15/c1-30-37(70-50(64)44(67-9)42(34-16-12-10-13-17-34)57-48(62)35-22-20-33(21-23-35)28-56-40(60)24-25-55-7)27-54(65)47(71-49(63)36-18-14-11-15-19-36)45-52(6,46(61)43(69-31(2)58)41(30)51(54,4)5)38(66-8)26-39-53(45,29-68-39)72-32(3)59/h10-23,37-39,42-45,47,55,65H,24-29H2,1-9H3,(H,56,60)(H,57,62)/t37-,38-,39+,42-,43+,44+,45-,47-,52+,53-,54+/m0/s1. The fraction of sp³-hybridized carbons (Fsp3) is 0.500. The summed E-state index contributed by atoms with van der Waals surface area (Å²) in [6, 6.07) is 22.1. The van der Waals surface area contributed by atoms with Crippen LogP contribution in [0.4, 0.5) is 0 Å². The highest BCUT2D eigenvalue weighted by Crippen LogP contribution is 2.65. The zero-order valence-electron chi connectivity index (χ0n) is 42.1. The van der Waals surface area contributed by atoms with E-state index >= 15 is 4.79 Å². The van der Waals surface area contributed by atoms with Gasteiger partial charge >= 0.3 is 23.9 Å². The molecule has 0 unspecified atom stereocenters. The number of hydrogen-bond donors (Lipinski definition) is 4. The number of ketones is 1. The van der Waals surface area contributed by atoms with Crippen LogP contribution in [0.1, 0.15) is 98.7 Å². The third-order valence-corrected chi connectivity index (χ3v) is 15.2. The van der Waals surface area contributed by atoms with Gasteiger partial charge in [0.25, 0.3) is 5.91 Å². The van der Waals surface area contributed by atoms with E-state index in [1.807, 2.05) is 0 Å². The summed E-state index contributed by atoms with van der Waals surface area (Å²) >= 11 is 0. The van der Waals surface area contributed by atoms with Crippen molar-refractivity contribution in [3.8, 4) is 0 Å². The average Bonchev–Trinajstić information content (AvgIpc) is 3.35. The number of carbonyl (C=O) groups excluding carboxylic acids is 7. The summed E-state index contributed by atoms with van der Waals surface area (Å²) in [4.78, 5) is 98.0. The number of esters is 4. The molecule has 2 bridgehead atoms. The molecule has 1 heterocycles. The van der Waals surface area contributed by atoms with Gasteiger partial charge in [0.15, 0.2) is 23.6 Å². The summed E-state index contributed by atoms with van der Waals surface area (Å²) in [7, 11) is 4.43. The van der Waals surface area contributed by atoms with Gasteiger partial charge in [-0.1, -0.05) is 74.5 Å². The molecule has 18 heteroatoms. The molecule has 3 aromatic carbocycles. The Morgan fingerprint density at radius 3 is 2.07 bits per heavy atom. The van der Waals surface area contributed by atoms with Gasteiger partial charge in [0, 0.05) is 71.4 Å². The highest BCUT2D eigenvalue weighted by Gasteiger charge is 2.78. The first-order valence-corrected chi connectivity index (χ1v) is 24.0. The second-order valence-electron chi connectivity index (χ2n) is 19.7. The van der Waals surface area contributed by atoms with E-state index < -0.39 is 113 Å². The van der Waals surface area contributed by atoms with E-state index in [-0.39, 0.29) is 47.8 Å². The predicted octanol–water partition coefficient (Wildman–Crippen LogP) is 4.27. The fourth-order valence-corrected chi connectivity index (χ4v) is 11.4. The van der Waals surface area contributed by atoms with Crippen molar-refractivity contribution in [2.45, 2.75) is 121 Å². The minimum Gasteiger partial charge on any atom is -0.456 e. The van der Waals surface area contributed by atoms with Crippen molar-refractivity contribution in [3.05, 3.63) is 118 Å². The summed E-state index contributed by atoms with van der Waals surface area (Å²) in [5.41, 5.74) is -5.55. The van der Waals surface area contributed by atoms with E-state index in [1.54, 1.807) is 108 Å². The maximum atomic E-state index is 15.9. The predicted molar refractivity (Wildman–Crippen MR) is 258 cm³/mol. The molecule has 0 aromatic heterocycles. The Labute approximate surface area is 418 Å². The second-order valence-corrected chi connectivity index (χ2v) is 19.7. The summed E-state index contributed by atoms with van der Waals surface area (Å²) < 4.78 is 43.2. The molecule has 72 heavy (non-hydrogen) atoms. The van der Waals surface area contributed by atoms with Crippen LogP contribution in [-0.2, 0) is 63.7 Å². The van der Waals surface area contributed by atoms with Crippen LogP contribution in [0.15, 0.2) is 96.1 Å². The van der Waals surface area contributed by atoms with Gasteiger partial charge in [-0.3, -0.25) is 24.0 Å². The first kappa shape index (κ1) is 53.5. The van der Waals surface area contributed by atoms with Gasteiger partial charge in [0.2, 0.25) is 5.91 Å². The van der Waals surface area contributed by atoms with Crippen molar-refractivity contribution < 1.29 is 71.8 Å². The molecule has 7 rings (SSSR count). The third kappa shape index (κ3) is 9.82. The number of amides is 2. The number of Topliss-reactive ketones (excluding diaryl/α,β-unsaturated/α-hetero) is 1. The lowest BCUT2D eigenvalue weighted by atomic mass is 9.44. The van der Waals surface area contributed by atoms with Crippen LogP contribution in [0.25, 0.3) is 0 Å². The van der Waals surface area contributed by atoms with Crippen LogP contribution in [0.3, 0.4) is 0 Å². The van der Waals surface area contributed by atoms with Crippen LogP contribution in [0.2, 0.25) is 0 Å². The number of nitrogens with one attached hydrogen (secondary N) is 3. The molecule has 0 spiro atoms. The molecule has 2 saturated carbocycles. The maximum absolute atomic E-state index is 15.9. The minimum atomic E-state index is -2.33. The molecule has 1 saturated heterocycles. The van der Waals surface area contributed by atoms with E-state index in [1.165, 1.54) is 33.3 Å². The number of carbonyl (C=O) groups is 7. The van der Waals surface area contributed by atoms with Gasteiger partial charge in [-0.2, -0.15) is 0 Å². The molecule has 3 aliphatic carbocycles. The largest absolute Gasteiger partial charge is 0.456 e. The number of fused-ring (bicyclic) bond motifs is 5. The van der Waals surface area contributed by atoms with Gasteiger partial charge in [0.05, 0.1) is 35.6 Å². The van der Waals surface area contributed by atoms with Gasteiger partial charge in [-0.25, -0.2) is 9.59 Å². The summed E-state index contributed by atoms with van der Waals surface area (Å²) in [6.45, 7) is 9.28. The number of methoxy groups -OCH3 is 2. The summed E-state index contributed by atoms with van der Waals surface area (Å²) in [6.07, 6.45) is -8.47. The van der Waals surface area contributed by atoms with Crippen molar-refractivity contribution in [2.75, 3.05) is 34.4 Å². The quantitative estimate of drug-likeness (QED) is 0.0839. The van der Waals surface area contributed by atoms with Crippen LogP contribution < -0.4 is 16.0 Å². The lowest BCUT2D eigenvalue weighted by Crippen LogP contribution is -2.82. The lowest BCUT2D eigenvalue weighted by Gasteiger charge is -2.67. The van der Waals surface area contributed by atoms with Crippen molar-refractivity contribution >= 4 is 41.5 Å². The molecular weight excluding hydrogens is 931 g/mol. The number of aliphatic hydroxyl groups is 1. The molecule has 0 radical (unpaired) electrons. The molecule has 3 aromatic rings. The Morgan fingerprint density at radius 2 is 1.50 bits per heavy atom. The molecule has 386 valence electrons. The van der Waals surface area contributed by atoms with Gasteiger partial charge in [-0.05, 0) is 67.4 Å². The molecule has 2 amide bonds. The van der Waals surface area contributed by atoms with E-state index in [0.717, 1.165) is 12.5 Å². The van der Waals surface area contributed by atoms with Crippen molar-refractivity contribution in [1.29, 1.82) is 0 Å². The number of rotatable bonds is 17. The maximum Gasteiger partial charge on any atom is 0.338 e. The van der Waals surface area contributed by atoms with Gasteiger partial charge < -0.3 is 54.2 Å². The van der Waals surface area contributed by atoms with Crippen LogP contribution in [0.5, 0.6) is 0 Å². The molecular formula is C54H65N3O15. The van der Waals surface area contributed by atoms with Crippen molar-refractivity contribution in [2.24, 2.45) is 16.7 Å². The molecule has 3 fully saturated rings. The smallest absolute Gasteiger partial charge is 0.338 e. The normalized spacial score (nSPS) is 29.0. The molecule has 1 aliphatic heterocycles. The number of benzene rings is 3. The van der Waals surface area contributed by atoms with E-state index in [9.17, 15) is 33.9 Å².